The van der Waals surface area contributed by atoms with E-state index in [0.29, 0.717) is 17.5 Å². The minimum atomic E-state index is -3.38. The highest BCUT2D eigenvalue weighted by Gasteiger charge is 2.35. The molecule has 21 heavy (non-hydrogen) atoms. The molecular formula is C16H24N2O2S. The summed E-state index contributed by atoms with van der Waals surface area (Å²) in [4.78, 5) is 0.461. The second kappa shape index (κ2) is 6.07. The van der Waals surface area contributed by atoms with Gasteiger partial charge < -0.3 is 5.32 Å². The van der Waals surface area contributed by atoms with Gasteiger partial charge in [-0.1, -0.05) is 24.6 Å². The highest BCUT2D eigenvalue weighted by molar-refractivity contribution is 7.89. The van der Waals surface area contributed by atoms with Gasteiger partial charge in [-0.2, -0.15) is 4.31 Å². The predicted octanol–water partition coefficient (Wildman–Crippen LogP) is 2.29. The summed E-state index contributed by atoms with van der Waals surface area (Å²) in [6.07, 6.45) is 5.52. The molecule has 2 aliphatic rings. The number of benzene rings is 1. The van der Waals surface area contributed by atoms with Gasteiger partial charge in [0.1, 0.15) is 0 Å². The summed E-state index contributed by atoms with van der Waals surface area (Å²) in [5.41, 5.74) is 0.831. The number of aryl methyl sites for hydroxylation is 1. The molecule has 2 fully saturated rings. The number of nitrogens with zero attached hydrogens (tertiary/aromatic N) is 1. The molecule has 5 heteroatoms. The molecule has 1 saturated heterocycles. The van der Waals surface area contributed by atoms with E-state index in [1.807, 2.05) is 19.1 Å². The van der Waals surface area contributed by atoms with Crippen LogP contribution in [0.15, 0.2) is 29.2 Å². The van der Waals surface area contributed by atoms with Crippen LogP contribution in [0.1, 0.15) is 37.7 Å². The maximum Gasteiger partial charge on any atom is 0.243 e. The van der Waals surface area contributed by atoms with Crippen LogP contribution >= 0.6 is 0 Å². The average Bonchev–Trinajstić information content (AvgIpc) is 3.30. The number of hydrogen-bond donors (Lipinski definition) is 1. The molecule has 3 rings (SSSR count). The Bertz CT molecular complexity index is 596. The molecule has 0 spiro atoms. The van der Waals surface area contributed by atoms with Crippen molar-refractivity contribution in [2.75, 3.05) is 13.1 Å². The van der Waals surface area contributed by atoms with Crippen molar-refractivity contribution < 1.29 is 8.42 Å². The van der Waals surface area contributed by atoms with Crippen molar-refractivity contribution in [1.82, 2.24) is 9.62 Å². The third-order valence-corrected chi connectivity index (χ3v) is 6.58. The molecule has 4 nitrogen and oxygen atoms in total. The summed E-state index contributed by atoms with van der Waals surface area (Å²) < 4.78 is 27.7. The second-order valence-electron chi connectivity index (χ2n) is 6.21. The van der Waals surface area contributed by atoms with Gasteiger partial charge in [0.2, 0.25) is 10.0 Å². The van der Waals surface area contributed by atoms with Crippen LogP contribution in [0.2, 0.25) is 0 Å². The van der Waals surface area contributed by atoms with Gasteiger partial charge in [0.15, 0.2) is 0 Å². The molecule has 1 aromatic rings. The lowest BCUT2D eigenvalue weighted by Gasteiger charge is -2.35. The lowest BCUT2D eigenvalue weighted by Crippen LogP contribution is -2.48. The van der Waals surface area contributed by atoms with E-state index in [4.69, 9.17) is 0 Å². The quantitative estimate of drug-likeness (QED) is 0.908. The second-order valence-corrected chi connectivity index (χ2v) is 8.07. The number of nitrogens with one attached hydrogen (secondary N) is 1. The Labute approximate surface area is 127 Å². The minimum absolute atomic E-state index is 0.101. The summed E-state index contributed by atoms with van der Waals surface area (Å²) in [6.45, 7) is 3.30. The van der Waals surface area contributed by atoms with Gasteiger partial charge in [-0.15, -0.1) is 0 Å². The van der Waals surface area contributed by atoms with Gasteiger partial charge in [-0.3, -0.25) is 0 Å². The van der Waals surface area contributed by atoms with Crippen molar-refractivity contribution in [2.45, 2.75) is 56.0 Å². The summed E-state index contributed by atoms with van der Waals surface area (Å²) in [5.74, 6) is 0. The topological polar surface area (TPSA) is 49.4 Å². The molecule has 0 amide bonds. The molecule has 1 aromatic carbocycles. The molecular weight excluding hydrogens is 284 g/mol. The maximum atomic E-state index is 13.0. The highest BCUT2D eigenvalue weighted by atomic mass is 32.2. The zero-order valence-corrected chi connectivity index (χ0v) is 13.4. The lowest BCUT2D eigenvalue weighted by molar-refractivity contribution is 0.245. The number of hydrogen-bond acceptors (Lipinski definition) is 3. The molecule has 1 atom stereocenters. The van der Waals surface area contributed by atoms with Gasteiger partial charge in [-0.05, 0) is 44.2 Å². The molecule has 0 aromatic heterocycles. The number of rotatable bonds is 5. The van der Waals surface area contributed by atoms with Crippen LogP contribution in [0.3, 0.4) is 0 Å². The molecule has 1 N–H and O–H groups in total. The highest BCUT2D eigenvalue weighted by Crippen LogP contribution is 2.27. The minimum Gasteiger partial charge on any atom is -0.312 e. The van der Waals surface area contributed by atoms with Gasteiger partial charge in [-0.25, -0.2) is 8.42 Å². The van der Waals surface area contributed by atoms with Crippen LogP contribution in [0.5, 0.6) is 0 Å². The smallest absolute Gasteiger partial charge is 0.243 e. The molecule has 1 aliphatic carbocycles. The first-order valence-corrected chi connectivity index (χ1v) is 9.34. The van der Waals surface area contributed by atoms with Crippen molar-refractivity contribution in [3.05, 3.63) is 29.8 Å². The van der Waals surface area contributed by atoms with Crippen molar-refractivity contribution in [2.24, 2.45) is 0 Å². The summed E-state index contributed by atoms with van der Waals surface area (Å²) in [7, 11) is -3.38. The Morgan fingerprint density at radius 1 is 1.19 bits per heavy atom. The fraction of sp³-hybridized carbons (Fsp3) is 0.625. The lowest BCUT2D eigenvalue weighted by atomic mass is 10.1. The van der Waals surface area contributed by atoms with Gasteiger partial charge >= 0.3 is 0 Å². The SMILES string of the molecule is Cc1ccccc1S(=O)(=O)N1CCCCC1CNC1CC1. The number of piperidine rings is 1. The van der Waals surface area contributed by atoms with Crippen molar-refractivity contribution in [3.8, 4) is 0 Å². The van der Waals surface area contributed by atoms with E-state index in [0.717, 1.165) is 31.4 Å². The fourth-order valence-corrected chi connectivity index (χ4v) is 4.98. The van der Waals surface area contributed by atoms with Gasteiger partial charge in [0.25, 0.3) is 0 Å². The van der Waals surface area contributed by atoms with Gasteiger partial charge in [0.05, 0.1) is 4.90 Å². The molecule has 0 radical (unpaired) electrons. The fourth-order valence-electron chi connectivity index (χ4n) is 3.06. The third kappa shape index (κ3) is 3.30. The first-order valence-electron chi connectivity index (χ1n) is 7.90. The third-order valence-electron chi connectivity index (χ3n) is 4.47. The zero-order valence-electron chi connectivity index (χ0n) is 12.6. The Kier molecular flexibility index (Phi) is 4.33. The first kappa shape index (κ1) is 15.0. The van der Waals surface area contributed by atoms with E-state index in [1.54, 1.807) is 16.4 Å². The van der Waals surface area contributed by atoms with E-state index < -0.39 is 10.0 Å². The van der Waals surface area contributed by atoms with Crippen LogP contribution in [-0.4, -0.2) is 37.9 Å². The summed E-state index contributed by atoms with van der Waals surface area (Å²) in [6, 6.07) is 8.01. The van der Waals surface area contributed by atoms with Crippen molar-refractivity contribution in [3.63, 3.8) is 0 Å². The molecule has 1 aliphatic heterocycles. The molecule has 0 bridgehead atoms. The van der Waals surface area contributed by atoms with Crippen LogP contribution in [0, 0.1) is 6.92 Å². The zero-order chi connectivity index (χ0) is 14.9. The molecule has 1 heterocycles. The Morgan fingerprint density at radius 2 is 1.95 bits per heavy atom. The summed E-state index contributed by atoms with van der Waals surface area (Å²) in [5, 5.41) is 3.49. The maximum absolute atomic E-state index is 13.0. The van der Waals surface area contributed by atoms with Crippen LogP contribution in [0.25, 0.3) is 0 Å². The van der Waals surface area contributed by atoms with Crippen LogP contribution in [-0.2, 0) is 10.0 Å². The van der Waals surface area contributed by atoms with Crippen LogP contribution in [0.4, 0.5) is 0 Å². The first-order chi connectivity index (χ1) is 10.1. The van der Waals surface area contributed by atoms with Crippen molar-refractivity contribution >= 4 is 10.0 Å². The number of sulfonamides is 1. The Morgan fingerprint density at radius 3 is 2.67 bits per heavy atom. The van der Waals surface area contributed by atoms with E-state index >= 15 is 0 Å². The van der Waals surface area contributed by atoms with Gasteiger partial charge in [0, 0.05) is 25.2 Å². The largest absolute Gasteiger partial charge is 0.312 e. The predicted molar refractivity (Wildman–Crippen MR) is 83.7 cm³/mol. The van der Waals surface area contributed by atoms with Crippen molar-refractivity contribution in [1.29, 1.82) is 0 Å². The summed E-state index contributed by atoms with van der Waals surface area (Å²) >= 11 is 0. The molecule has 1 saturated carbocycles. The monoisotopic (exact) mass is 308 g/mol. The standard InChI is InChI=1S/C16H24N2O2S/c1-13-6-2-3-8-16(13)21(19,20)18-11-5-4-7-15(18)12-17-14-9-10-14/h2-3,6,8,14-15,17H,4-5,7,9-12H2,1H3. The Balaban J connectivity index is 1.82. The molecule has 1 unspecified atom stereocenters. The van der Waals surface area contributed by atoms with E-state index in [1.165, 1.54) is 12.8 Å². The van der Waals surface area contributed by atoms with E-state index in [2.05, 4.69) is 5.32 Å². The molecule has 116 valence electrons. The van der Waals surface area contributed by atoms with E-state index in [-0.39, 0.29) is 6.04 Å². The average molecular weight is 308 g/mol. The van der Waals surface area contributed by atoms with Crippen LogP contribution < -0.4 is 5.32 Å². The normalized spacial score (nSPS) is 24.1. The van der Waals surface area contributed by atoms with E-state index in [9.17, 15) is 8.42 Å². The Hall–Kier alpha value is -0.910.